The van der Waals surface area contributed by atoms with Gasteiger partial charge in [-0.25, -0.2) is 0 Å². The Morgan fingerprint density at radius 1 is 0.600 bits per heavy atom. The van der Waals surface area contributed by atoms with E-state index in [4.69, 9.17) is 0 Å². The molecular weight excluding hydrogens is 526 g/mol. The molecule has 0 nitrogen and oxygen atoms in total. The standard InChI is InChI=1S/C6H12P.4CH3.Ag.3Y/c1-4-7(5-2)6-3;;;;;;;;/h1-6H2;4*1H3;;;;/q-3;4*-1;+1;;;. The molecule has 0 rings (SSSR count). The van der Waals surface area contributed by atoms with Crippen LogP contribution >= 0.6 is 7.92 Å². The van der Waals surface area contributed by atoms with Gasteiger partial charge in [-0.2, -0.15) is 26.4 Å². The number of hydrogen-bond acceptors (Lipinski definition) is 0. The smallest absolute Gasteiger partial charge is 0.358 e. The first-order valence-electron chi connectivity index (χ1n) is 2.45. The van der Waals surface area contributed by atoms with Gasteiger partial charge in [0.15, 0.2) is 0 Å². The summed E-state index contributed by atoms with van der Waals surface area (Å²) in [5.41, 5.74) is 0. The van der Waals surface area contributed by atoms with Crippen molar-refractivity contribution in [3.05, 3.63) is 50.5 Å². The molecule has 0 bridgehead atoms. The molecule has 0 aliphatic heterocycles. The van der Waals surface area contributed by atoms with Gasteiger partial charge in [0.25, 0.3) is 0 Å². The normalized spacial score (nSPS) is 4.80. The van der Waals surface area contributed by atoms with E-state index < -0.39 is 0 Å². The molecule has 0 heterocycles. The van der Waals surface area contributed by atoms with Gasteiger partial charge in [0, 0.05) is 98.1 Å². The number of rotatable bonds is 3. The third-order valence-electron chi connectivity index (χ3n) is 0.949. The van der Waals surface area contributed by atoms with Gasteiger partial charge >= 0.3 is 22.4 Å². The molecule has 0 aliphatic carbocycles. The van der Waals surface area contributed by atoms with Gasteiger partial charge in [0.2, 0.25) is 0 Å². The van der Waals surface area contributed by atoms with Crippen LogP contribution in [0, 0.1) is 50.5 Å². The van der Waals surface area contributed by atoms with Crippen LogP contribution in [-0.4, -0.2) is 18.5 Å². The van der Waals surface area contributed by atoms with Crippen LogP contribution in [0.2, 0.25) is 0 Å². The second-order valence-electron chi connectivity index (χ2n) is 1.34. The zero-order valence-corrected chi connectivity index (χ0v) is 21.6. The second kappa shape index (κ2) is 51.4. The minimum Gasteiger partial charge on any atom is -0.358 e. The molecule has 0 fully saturated rings. The summed E-state index contributed by atoms with van der Waals surface area (Å²) in [4.78, 5) is 0. The van der Waals surface area contributed by atoms with Gasteiger partial charge in [-0.3, -0.25) is 0 Å². The molecule has 0 aliphatic rings. The van der Waals surface area contributed by atoms with E-state index in [-0.39, 0.29) is 158 Å². The van der Waals surface area contributed by atoms with Crippen molar-refractivity contribution in [2.75, 3.05) is 18.5 Å². The summed E-state index contributed by atoms with van der Waals surface area (Å²) in [7, 11) is 0.113. The van der Waals surface area contributed by atoms with Crippen LogP contribution in [0.25, 0.3) is 0 Å². The molecule has 0 aromatic rings. The maximum atomic E-state index is 3.78. The fourth-order valence-electron chi connectivity index (χ4n) is 0.335. The summed E-state index contributed by atoms with van der Waals surface area (Å²) in [6, 6.07) is 0. The van der Waals surface area contributed by atoms with Gasteiger partial charge in [0.1, 0.15) is 0 Å². The van der Waals surface area contributed by atoms with Crippen molar-refractivity contribution in [2.24, 2.45) is 0 Å². The van der Waals surface area contributed by atoms with E-state index in [0.29, 0.717) is 0 Å². The van der Waals surface area contributed by atoms with Crippen LogP contribution < -0.4 is 0 Å². The predicted octanol–water partition coefficient (Wildman–Crippen LogP) is 3.76. The Hall–Kier alpha value is 4.48. The van der Waals surface area contributed by atoms with E-state index in [9.17, 15) is 0 Å². The maximum absolute atomic E-state index is 3.78. The molecule has 15 heavy (non-hydrogen) atoms. The molecule has 5 heteroatoms. The van der Waals surface area contributed by atoms with Crippen LogP contribution in [0.4, 0.5) is 0 Å². The van der Waals surface area contributed by atoms with Crippen molar-refractivity contribution in [3.8, 4) is 0 Å². The van der Waals surface area contributed by atoms with E-state index in [1.807, 2.05) is 0 Å². The molecule has 95 valence electrons. The first-order chi connectivity index (χ1) is 3.35. The van der Waals surface area contributed by atoms with E-state index >= 15 is 0 Å². The molecular formula is C10H24AgPY3-6. The minimum absolute atomic E-state index is 0. The molecule has 0 aromatic carbocycles. The molecule has 0 spiro atoms. The van der Waals surface area contributed by atoms with Crippen LogP contribution in [0.5, 0.6) is 0 Å². The quantitative estimate of drug-likeness (QED) is 0.286. The van der Waals surface area contributed by atoms with Gasteiger partial charge in [-0.05, 0) is 0 Å². The molecule has 0 aromatic heterocycles. The third-order valence-corrected chi connectivity index (χ3v) is 2.85. The summed E-state index contributed by atoms with van der Waals surface area (Å²) in [5.74, 6) is 0. The van der Waals surface area contributed by atoms with Crippen molar-refractivity contribution in [1.29, 1.82) is 0 Å². The van der Waals surface area contributed by atoms with Gasteiger partial charge < -0.3 is 50.5 Å². The summed E-state index contributed by atoms with van der Waals surface area (Å²) < 4.78 is 0. The Morgan fingerprint density at radius 2 is 0.733 bits per heavy atom. The van der Waals surface area contributed by atoms with Crippen LogP contribution in [0.3, 0.4) is 0 Å². The zero-order chi connectivity index (χ0) is 5.70. The van der Waals surface area contributed by atoms with Crippen LogP contribution in [-0.2, 0) is 121 Å². The molecule has 0 N–H and O–H groups in total. The van der Waals surface area contributed by atoms with E-state index in [1.165, 1.54) is 0 Å². The fourth-order valence-corrected chi connectivity index (χ4v) is 1.01. The summed E-state index contributed by atoms with van der Waals surface area (Å²) in [6.07, 6.45) is 3.13. The van der Waals surface area contributed by atoms with Gasteiger partial charge in [-0.1, -0.05) is 0 Å². The fraction of sp³-hybridized carbons (Fsp3) is 0.300. The monoisotopic (exact) mass is 549 g/mol. The van der Waals surface area contributed by atoms with Crippen LogP contribution in [0.1, 0.15) is 0 Å². The van der Waals surface area contributed by atoms with Crippen molar-refractivity contribution in [3.63, 3.8) is 0 Å². The van der Waals surface area contributed by atoms with E-state index in [1.54, 1.807) is 0 Å². The Morgan fingerprint density at radius 3 is 0.733 bits per heavy atom. The summed E-state index contributed by atoms with van der Waals surface area (Å²) >= 11 is 0. The predicted molar refractivity (Wildman–Crippen MR) is 63.2 cm³/mol. The first-order valence-corrected chi connectivity index (χ1v) is 4.35. The summed E-state index contributed by atoms with van der Waals surface area (Å²) in [6.45, 7) is 11.3. The minimum atomic E-state index is 0. The van der Waals surface area contributed by atoms with Crippen molar-refractivity contribution in [2.45, 2.75) is 0 Å². The van der Waals surface area contributed by atoms with Gasteiger partial charge in [-0.15, -0.1) is 0 Å². The van der Waals surface area contributed by atoms with Crippen LogP contribution in [0.15, 0.2) is 0 Å². The molecule has 0 atom stereocenters. The SMILES string of the molecule is [Ag+].[CH2-]CP(C[CH2-])C[CH2-].[CH3-].[CH3-].[CH3-].[CH3-].[Y].[Y].[Y]. The maximum Gasteiger partial charge on any atom is 1.00 e. The van der Waals surface area contributed by atoms with E-state index in [2.05, 4.69) is 20.8 Å². The molecule has 0 unspecified atom stereocenters. The topological polar surface area (TPSA) is 0 Å². The average Bonchev–Trinajstić information content (AvgIpc) is 1.72. The average molecular weight is 550 g/mol. The van der Waals surface area contributed by atoms with Crippen molar-refractivity contribution >= 4 is 7.92 Å². The summed E-state index contributed by atoms with van der Waals surface area (Å²) in [5, 5.41) is 0. The zero-order valence-electron chi connectivity index (χ0n) is 10.7. The molecule has 0 saturated carbocycles. The van der Waals surface area contributed by atoms with Crippen molar-refractivity contribution in [1.82, 2.24) is 0 Å². The molecule has 3 radical (unpaired) electrons. The van der Waals surface area contributed by atoms with E-state index in [0.717, 1.165) is 18.5 Å². The van der Waals surface area contributed by atoms with Gasteiger partial charge in [0.05, 0.1) is 0 Å². The second-order valence-corrected chi connectivity index (χ2v) is 4.02. The van der Waals surface area contributed by atoms with Crippen molar-refractivity contribution < 1.29 is 121 Å². The number of hydrogen-bond donors (Lipinski definition) is 0. The Bertz CT molecular complexity index is 42.1. The third kappa shape index (κ3) is 45.7. The molecule has 0 amide bonds. The first kappa shape index (κ1) is 60.6. The Labute approximate surface area is 193 Å². The Kier molecular flexibility index (Phi) is 208. The largest absolute Gasteiger partial charge is 1.00 e. The molecule has 0 saturated heterocycles. The Balaban J connectivity index is -0.00000000643.